The average molecular weight is 255 g/mol. The quantitative estimate of drug-likeness (QED) is 0.882. The fraction of sp³-hybridized carbons (Fsp3) is 0.294. The maximum Gasteiger partial charge on any atom is 0.126 e. The summed E-state index contributed by atoms with van der Waals surface area (Å²) in [7, 11) is 1.72. The monoisotopic (exact) mass is 255 g/mol. The molecule has 2 nitrogen and oxygen atoms in total. The maximum absolute atomic E-state index is 5.45. The summed E-state index contributed by atoms with van der Waals surface area (Å²) < 4.78 is 5.45. The number of benzene rings is 2. The molecule has 0 saturated carbocycles. The summed E-state index contributed by atoms with van der Waals surface area (Å²) in [6.45, 7) is 7.10. The molecule has 0 unspecified atom stereocenters. The van der Waals surface area contributed by atoms with Gasteiger partial charge in [-0.3, -0.25) is 0 Å². The van der Waals surface area contributed by atoms with E-state index in [-0.39, 0.29) is 0 Å². The highest BCUT2D eigenvalue weighted by Crippen LogP contribution is 2.29. The van der Waals surface area contributed by atoms with Gasteiger partial charge in [-0.15, -0.1) is 0 Å². The largest absolute Gasteiger partial charge is 0.496 e. The summed E-state index contributed by atoms with van der Waals surface area (Å²) in [4.78, 5) is 0. The Bertz CT molecular complexity index is 575. The van der Waals surface area contributed by atoms with E-state index in [4.69, 9.17) is 4.74 Å². The van der Waals surface area contributed by atoms with Crippen LogP contribution in [0, 0.1) is 20.8 Å². The van der Waals surface area contributed by atoms with Gasteiger partial charge in [-0.05, 0) is 38.0 Å². The number of rotatable bonds is 4. The molecule has 1 N–H and O–H groups in total. The van der Waals surface area contributed by atoms with Gasteiger partial charge in [-0.1, -0.05) is 35.9 Å². The van der Waals surface area contributed by atoms with Crippen LogP contribution in [-0.4, -0.2) is 7.11 Å². The van der Waals surface area contributed by atoms with E-state index in [2.05, 4.69) is 62.5 Å². The number of methoxy groups -OCH3 is 1. The van der Waals surface area contributed by atoms with E-state index in [1.807, 2.05) is 0 Å². The molecule has 0 heterocycles. The third kappa shape index (κ3) is 3.08. The van der Waals surface area contributed by atoms with Crippen LogP contribution in [0.15, 0.2) is 36.4 Å². The van der Waals surface area contributed by atoms with Crippen LogP contribution in [0.5, 0.6) is 5.75 Å². The Morgan fingerprint density at radius 2 is 1.84 bits per heavy atom. The van der Waals surface area contributed by atoms with Crippen LogP contribution in [-0.2, 0) is 6.54 Å². The van der Waals surface area contributed by atoms with Gasteiger partial charge in [0.15, 0.2) is 0 Å². The van der Waals surface area contributed by atoms with Gasteiger partial charge in [0.2, 0.25) is 0 Å². The highest BCUT2D eigenvalue weighted by atomic mass is 16.5. The molecule has 0 aromatic heterocycles. The zero-order valence-electron chi connectivity index (χ0n) is 12.1. The Kier molecular flexibility index (Phi) is 4.10. The Morgan fingerprint density at radius 1 is 1.05 bits per heavy atom. The molecule has 2 aromatic carbocycles. The second-order valence-corrected chi connectivity index (χ2v) is 4.93. The minimum absolute atomic E-state index is 0.828. The zero-order valence-corrected chi connectivity index (χ0v) is 12.1. The predicted octanol–water partition coefficient (Wildman–Crippen LogP) is 4.23. The lowest BCUT2D eigenvalue weighted by molar-refractivity contribution is 0.409. The van der Waals surface area contributed by atoms with Crippen LogP contribution in [0.2, 0.25) is 0 Å². The smallest absolute Gasteiger partial charge is 0.126 e. The summed E-state index contributed by atoms with van der Waals surface area (Å²) in [6.07, 6.45) is 0. The highest BCUT2D eigenvalue weighted by molar-refractivity contribution is 5.59. The molecule has 0 bridgehead atoms. The molecule has 0 aliphatic rings. The van der Waals surface area contributed by atoms with Gasteiger partial charge < -0.3 is 10.1 Å². The summed E-state index contributed by atoms with van der Waals surface area (Å²) in [5.74, 6) is 0.967. The summed E-state index contributed by atoms with van der Waals surface area (Å²) in [5, 5.41) is 3.48. The minimum atomic E-state index is 0.828. The van der Waals surface area contributed by atoms with E-state index in [0.29, 0.717) is 0 Å². The first kappa shape index (κ1) is 13.5. The lowest BCUT2D eigenvalue weighted by Gasteiger charge is -2.15. The van der Waals surface area contributed by atoms with E-state index in [1.54, 1.807) is 7.11 Å². The lowest BCUT2D eigenvalue weighted by atomic mass is 10.1. The predicted molar refractivity (Wildman–Crippen MR) is 81.0 cm³/mol. The molecule has 19 heavy (non-hydrogen) atoms. The van der Waals surface area contributed by atoms with E-state index in [1.165, 1.54) is 16.7 Å². The van der Waals surface area contributed by atoms with E-state index in [9.17, 15) is 0 Å². The average Bonchev–Trinajstić information content (AvgIpc) is 2.38. The molecule has 0 saturated heterocycles. The topological polar surface area (TPSA) is 21.3 Å². The van der Waals surface area contributed by atoms with Gasteiger partial charge in [-0.25, -0.2) is 0 Å². The first-order valence-corrected chi connectivity index (χ1v) is 6.55. The normalized spacial score (nSPS) is 10.3. The Hall–Kier alpha value is -1.96. The van der Waals surface area contributed by atoms with Crippen molar-refractivity contribution in [2.75, 3.05) is 12.4 Å². The Labute approximate surface area is 115 Å². The molecule has 2 heteroatoms. The number of ether oxygens (including phenoxy) is 1. The van der Waals surface area contributed by atoms with Crippen molar-refractivity contribution in [2.45, 2.75) is 27.3 Å². The number of anilines is 1. The van der Waals surface area contributed by atoms with Crippen molar-refractivity contribution >= 4 is 5.69 Å². The van der Waals surface area contributed by atoms with Crippen molar-refractivity contribution in [3.63, 3.8) is 0 Å². The van der Waals surface area contributed by atoms with Crippen LogP contribution >= 0.6 is 0 Å². The summed E-state index contributed by atoms with van der Waals surface area (Å²) in [6, 6.07) is 12.8. The standard InChI is InChI=1S/C17H21NO/c1-12-6-5-7-15(10-12)11-18-16-9-8-13(2)17(19-4)14(16)3/h5-10,18H,11H2,1-4H3. The molecular formula is C17H21NO. The van der Waals surface area contributed by atoms with Gasteiger partial charge in [-0.2, -0.15) is 0 Å². The molecule has 100 valence electrons. The highest BCUT2D eigenvalue weighted by Gasteiger charge is 2.07. The molecule has 0 radical (unpaired) electrons. The summed E-state index contributed by atoms with van der Waals surface area (Å²) in [5.41, 5.74) is 6.04. The molecule has 0 amide bonds. The van der Waals surface area contributed by atoms with Crippen molar-refractivity contribution in [1.82, 2.24) is 0 Å². The number of aryl methyl sites for hydroxylation is 2. The van der Waals surface area contributed by atoms with Gasteiger partial charge >= 0.3 is 0 Å². The molecule has 0 fully saturated rings. The van der Waals surface area contributed by atoms with Crippen LogP contribution < -0.4 is 10.1 Å². The van der Waals surface area contributed by atoms with Gasteiger partial charge in [0.05, 0.1) is 7.11 Å². The molecular weight excluding hydrogens is 234 g/mol. The van der Waals surface area contributed by atoms with Crippen molar-refractivity contribution in [3.8, 4) is 5.75 Å². The second-order valence-electron chi connectivity index (χ2n) is 4.93. The molecule has 0 atom stereocenters. The Morgan fingerprint density at radius 3 is 2.53 bits per heavy atom. The number of nitrogens with one attached hydrogen (secondary N) is 1. The van der Waals surface area contributed by atoms with Crippen molar-refractivity contribution in [3.05, 3.63) is 58.7 Å². The van der Waals surface area contributed by atoms with E-state index < -0.39 is 0 Å². The van der Waals surface area contributed by atoms with Crippen LogP contribution in [0.3, 0.4) is 0 Å². The Balaban J connectivity index is 2.16. The second kappa shape index (κ2) is 5.79. The maximum atomic E-state index is 5.45. The molecule has 0 aliphatic carbocycles. The molecule has 2 rings (SSSR count). The van der Waals surface area contributed by atoms with Gasteiger partial charge in [0.25, 0.3) is 0 Å². The van der Waals surface area contributed by atoms with E-state index >= 15 is 0 Å². The summed E-state index contributed by atoms with van der Waals surface area (Å²) >= 11 is 0. The van der Waals surface area contributed by atoms with E-state index in [0.717, 1.165) is 23.5 Å². The van der Waals surface area contributed by atoms with Gasteiger partial charge in [0, 0.05) is 17.8 Å². The van der Waals surface area contributed by atoms with Crippen LogP contribution in [0.4, 0.5) is 5.69 Å². The first-order valence-electron chi connectivity index (χ1n) is 6.55. The molecule has 2 aromatic rings. The fourth-order valence-corrected chi connectivity index (χ4v) is 2.35. The zero-order chi connectivity index (χ0) is 13.8. The SMILES string of the molecule is COc1c(C)ccc(NCc2cccc(C)c2)c1C. The number of hydrogen-bond donors (Lipinski definition) is 1. The molecule has 0 aliphatic heterocycles. The molecule has 0 spiro atoms. The van der Waals surface area contributed by atoms with Crippen LogP contribution in [0.25, 0.3) is 0 Å². The lowest BCUT2D eigenvalue weighted by Crippen LogP contribution is -2.03. The van der Waals surface area contributed by atoms with Crippen LogP contribution in [0.1, 0.15) is 22.3 Å². The number of hydrogen-bond acceptors (Lipinski definition) is 2. The fourth-order valence-electron chi connectivity index (χ4n) is 2.35. The minimum Gasteiger partial charge on any atom is -0.496 e. The third-order valence-corrected chi connectivity index (χ3v) is 3.37. The van der Waals surface area contributed by atoms with Crippen molar-refractivity contribution < 1.29 is 4.74 Å². The van der Waals surface area contributed by atoms with Crippen molar-refractivity contribution in [2.24, 2.45) is 0 Å². The first-order chi connectivity index (χ1) is 9.11. The van der Waals surface area contributed by atoms with Gasteiger partial charge in [0.1, 0.15) is 5.75 Å². The third-order valence-electron chi connectivity index (χ3n) is 3.37. The van der Waals surface area contributed by atoms with Crippen molar-refractivity contribution in [1.29, 1.82) is 0 Å².